The monoisotopic (exact) mass is 157 g/mol. The molecule has 0 unspecified atom stereocenters. The lowest BCUT2D eigenvalue weighted by Crippen LogP contribution is -2.35. The van der Waals surface area contributed by atoms with Gasteiger partial charge in [0.25, 0.3) is 0 Å². The number of ether oxygens (including phenoxy) is 1. The fraction of sp³-hybridized carbons (Fsp3) is 0.875. The van der Waals surface area contributed by atoms with E-state index in [2.05, 4.69) is 0 Å². The molecule has 0 aromatic heterocycles. The number of nitrogens with two attached hydrogens (primary N) is 1. The Labute approximate surface area is 66.9 Å². The summed E-state index contributed by atoms with van der Waals surface area (Å²) in [5.74, 6) is 0.344. The number of carbonyl (C=O) groups is 1. The fourth-order valence-corrected chi connectivity index (χ4v) is 1.35. The predicted octanol–water partition coefficient (Wildman–Crippen LogP) is 0.329. The maximum Gasteiger partial charge on any atom is 0.152 e. The summed E-state index contributed by atoms with van der Waals surface area (Å²) >= 11 is 0. The predicted molar refractivity (Wildman–Crippen MR) is 42.2 cm³/mol. The molecule has 1 aliphatic heterocycles. The molecule has 0 saturated carbocycles. The second-order valence-electron chi connectivity index (χ2n) is 3.08. The van der Waals surface area contributed by atoms with E-state index in [-0.39, 0.29) is 17.7 Å². The summed E-state index contributed by atoms with van der Waals surface area (Å²) in [4.78, 5) is 11.3. The molecule has 64 valence electrons. The molecule has 1 fully saturated rings. The molecule has 1 aliphatic rings. The molecule has 11 heavy (non-hydrogen) atoms. The molecule has 0 radical (unpaired) electrons. The summed E-state index contributed by atoms with van der Waals surface area (Å²) in [5.41, 5.74) is 5.48. The van der Waals surface area contributed by atoms with Crippen molar-refractivity contribution in [3.8, 4) is 0 Å². The van der Waals surface area contributed by atoms with Gasteiger partial charge in [-0.25, -0.2) is 0 Å². The van der Waals surface area contributed by atoms with Gasteiger partial charge >= 0.3 is 0 Å². The highest BCUT2D eigenvalue weighted by atomic mass is 16.5. The highest BCUT2D eigenvalue weighted by Crippen LogP contribution is 2.16. The topological polar surface area (TPSA) is 52.3 Å². The molecule has 0 spiro atoms. The molecule has 0 aromatic carbocycles. The summed E-state index contributed by atoms with van der Waals surface area (Å²) in [6, 6.07) is -0.307. The standard InChI is InChI=1S/C8H15NO2/c1-6(9)8(10)7-2-4-11-5-3-7/h6-7H,2-5,9H2,1H3/t6-/m0/s1. The highest BCUT2D eigenvalue weighted by molar-refractivity contribution is 5.85. The molecule has 1 saturated heterocycles. The highest BCUT2D eigenvalue weighted by Gasteiger charge is 2.23. The minimum Gasteiger partial charge on any atom is -0.381 e. The van der Waals surface area contributed by atoms with Gasteiger partial charge in [-0.15, -0.1) is 0 Å². The van der Waals surface area contributed by atoms with Crippen molar-refractivity contribution >= 4 is 5.78 Å². The molecule has 2 N–H and O–H groups in total. The van der Waals surface area contributed by atoms with Gasteiger partial charge in [-0.05, 0) is 19.8 Å². The first-order valence-corrected chi connectivity index (χ1v) is 4.09. The largest absolute Gasteiger partial charge is 0.381 e. The van der Waals surface area contributed by atoms with E-state index in [1.54, 1.807) is 6.92 Å². The van der Waals surface area contributed by atoms with Crippen LogP contribution in [0.2, 0.25) is 0 Å². The number of rotatable bonds is 2. The van der Waals surface area contributed by atoms with Crippen LogP contribution in [0.3, 0.4) is 0 Å². The van der Waals surface area contributed by atoms with E-state index < -0.39 is 0 Å². The van der Waals surface area contributed by atoms with Gasteiger partial charge in [0.2, 0.25) is 0 Å². The van der Waals surface area contributed by atoms with Gasteiger partial charge in [0.1, 0.15) is 0 Å². The lowest BCUT2D eigenvalue weighted by molar-refractivity contribution is -0.126. The van der Waals surface area contributed by atoms with E-state index in [9.17, 15) is 4.79 Å². The first kappa shape index (κ1) is 8.68. The smallest absolute Gasteiger partial charge is 0.152 e. The number of hydrogen-bond acceptors (Lipinski definition) is 3. The van der Waals surface area contributed by atoms with Gasteiger partial charge in [-0.2, -0.15) is 0 Å². The Bertz CT molecular complexity index is 139. The van der Waals surface area contributed by atoms with E-state index in [4.69, 9.17) is 10.5 Å². The van der Waals surface area contributed by atoms with Gasteiger partial charge in [-0.1, -0.05) is 0 Å². The normalized spacial score (nSPS) is 23.1. The summed E-state index contributed by atoms with van der Waals surface area (Å²) in [7, 11) is 0. The van der Waals surface area contributed by atoms with Gasteiger partial charge in [-0.3, -0.25) is 4.79 Å². The first-order valence-electron chi connectivity index (χ1n) is 4.09. The summed E-state index contributed by atoms with van der Waals surface area (Å²) in [5, 5.41) is 0. The summed E-state index contributed by atoms with van der Waals surface area (Å²) < 4.78 is 5.14. The zero-order valence-corrected chi connectivity index (χ0v) is 6.88. The Morgan fingerprint density at radius 3 is 2.55 bits per heavy atom. The Hall–Kier alpha value is -0.410. The molecule has 0 aliphatic carbocycles. The van der Waals surface area contributed by atoms with Gasteiger partial charge in [0.15, 0.2) is 5.78 Å². The fourth-order valence-electron chi connectivity index (χ4n) is 1.35. The first-order chi connectivity index (χ1) is 5.22. The zero-order chi connectivity index (χ0) is 8.27. The van der Waals surface area contributed by atoms with E-state index >= 15 is 0 Å². The van der Waals surface area contributed by atoms with Crippen LogP contribution in [0.25, 0.3) is 0 Å². The van der Waals surface area contributed by atoms with Crippen LogP contribution in [0.1, 0.15) is 19.8 Å². The van der Waals surface area contributed by atoms with Crippen LogP contribution in [-0.4, -0.2) is 25.0 Å². The molecule has 0 amide bonds. The average molecular weight is 157 g/mol. The Balaban J connectivity index is 2.39. The number of hydrogen-bond donors (Lipinski definition) is 1. The van der Waals surface area contributed by atoms with Gasteiger partial charge in [0.05, 0.1) is 6.04 Å². The van der Waals surface area contributed by atoms with Crippen molar-refractivity contribution in [2.24, 2.45) is 11.7 Å². The lowest BCUT2D eigenvalue weighted by atomic mass is 9.92. The molecule has 1 rings (SSSR count). The molecule has 1 heterocycles. The molecule has 0 bridgehead atoms. The van der Waals surface area contributed by atoms with Crippen molar-refractivity contribution in [1.82, 2.24) is 0 Å². The van der Waals surface area contributed by atoms with Crippen molar-refractivity contribution in [3.63, 3.8) is 0 Å². The van der Waals surface area contributed by atoms with Crippen LogP contribution in [0, 0.1) is 5.92 Å². The minimum absolute atomic E-state index is 0.156. The maximum absolute atomic E-state index is 11.3. The van der Waals surface area contributed by atoms with E-state index in [1.165, 1.54) is 0 Å². The molecule has 0 aromatic rings. The number of carbonyl (C=O) groups excluding carboxylic acids is 1. The average Bonchev–Trinajstić information content (AvgIpc) is 2.05. The van der Waals surface area contributed by atoms with Crippen molar-refractivity contribution < 1.29 is 9.53 Å². The second-order valence-corrected chi connectivity index (χ2v) is 3.08. The third-order valence-corrected chi connectivity index (χ3v) is 2.07. The van der Waals surface area contributed by atoms with Crippen LogP contribution >= 0.6 is 0 Å². The van der Waals surface area contributed by atoms with Gasteiger partial charge < -0.3 is 10.5 Å². The second kappa shape index (κ2) is 3.83. The number of ketones is 1. The Morgan fingerprint density at radius 1 is 1.55 bits per heavy atom. The molecule has 1 atom stereocenters. The Morgan fingerprint density at radius 2 is 2.09 bits per heavy atom. The molecule has 3 heteroatoms. The van der Waals surface area contributed by atoms with Crippen LogP contribution in [-0.2, 0) is 9.53 Å². The third kappa shape index (κ3) is 2.27. The minimum atomic E-state index is -0.307. The van der Waals surface area contributed by atoms with Crippen LogP contribution in [0.15, 0.2) is 0 Å². The summed E-state index contributed by atoms with van der Waals surface area (Å²) in [6.07, 6.45) is 1.70. The zero-order valence-electron chi connectivity index (χ0n) is 6.88. The van der Waals surface area contributed by atoms with Crippen molar-refractivity contribution in [3.05, 3.63) is 0 Å². The van der Waals surface area contributed by atoms with Crippen LogP contribution in [0.4, 0.5) is 0 Å². The molecule has 3 nitrogen and oxygen atoms in total. The third-order valence-electron chi connectivity index (χ3n) is 2.07. The van der Waals surface area contributed by atoms with E-state index in [1.807, 2.05) is 0 Å². The van der Waals surface area contributed by atoms with E-state index in [0.29, 0.717) is 13.2 Å². The van der Waals surface area contributed by atoms with Crippen molar-refractivity contribution in [2.75, 3.05) is 13.2 Å². The Kier molecular flexibility index (Phi) is 3.02. The summed E-state index contributed by atoms with van der Waals surface area (Å²) in [6.45, 7) is 3.17. The van der Waals surface area contributed by atoms with Crippen molar-refractivity contribution in [1.29, 1.82) is 0 Å². The molecular weight excluding hydrogens is 142 g/mol. The van der Waals surface area contributed by atoms with Crippen LogP contribution < -0.4 is 5.73 Å². The van der Waals surface area contributed by atoms with Crippen LogP contribution in [0.5, 0.6) is 0 Å². The molecular formula is C8H15NO2. The van der Waals surface area contributed by atoms with Crippen molar-refractivity contribution in [2.45, 2.75) is 25.8 Å². The SMILES string of the molecule is C[C@H](N)C(=O)C1CCOCC1. The van der Waals surface area contributed by atoms with E-state index in [0.717, 1.165) is 12.8 Å². The lowest BCUT2D eigenvalue weighted by Gasteiger charge is -2.21. The van der Waals surface area contributed by atoms with Gasteiger partial charge in [0, 0.05) is 19.1 Å². The maximum atomic E-state index is 11.3. The quantitative estimate of drug-likeness (QED) is 0.628. The number of Topliss-reactive ketones (excluding diaryl/α,β-unsaturated/α-hetero) is 1.